The van der Waals surface area contributed by atoms with E-state index in [0.717, 1.165) is 27.8 Å². The van der Waals surface area contributed by atoms with E-state index in [9.17, 15) is 5.11 Å². The first-order valence-corrected chi connectivity index (χ1v) is 7.16. The van der Waals surface area contributed by atoms with Crippen LogP contribution >= 0.6 is 15.9 Å². The van der Waals surface area contributed by atoms with Crippen molar-refractivity contribution in [2.24, 2.45) is 0 Å². The van der Waals surface area contributed by atoms with Crippen LogP contribution in [0, 0.1) is 0 Å². The highest BCUT2D eigenvalue weighted by molar-refractivity contribution is 9.10. The molecule has 2 aromatic rings. The molecule has 0 radical (unpaired) electrons. The fourth-order valence-electron chi connectivity index (χ4n) is 2.48. The van der Waals surface area contributed by atoms with E-state index in [4.69, 9.17) is 4.74 Å². The first-order chi connectivity index (χ1) is 9.13. The molecule has 1 aliphatic heterocycles. The average Bonchev–Trinajstić information content (AvgIpc) is 2.76. The highest BCUT2D eigenvalue weighted by atomic mass is 79.9. The van der Waals surface area contributed by atoms with Crippen molar-refractivity contribution in [3.63, 3.8) is 0 Å². The molecule has 0 saturated carbocycles. The van der Waals surface area contributed by atoms with Gasteiger partial charge in [-0.3, -0.25) is 0 Å². The number of halogens is 1. The molecule has 1 heterocycles. The Hall–Kier alpha value is -1.32. The van der Waals surface area contributed by atoms with Crippen LogP contribution in [0.3, 0.4) is 0 Å². The maximum absolute atomic E-state index is 10.5. The molecular formula is C16H15BrO2. The minimum atomic E-state index is -0.598. The van der Waals surface area contributed by atoms with Crippen LogP contribution in [-0.4, -0.2) is 11.2 Å². The van der Waals surface area contributed by atoms with Crippen molar-refractivity contribution in [3.8, 4) is 5.75 Å². The van der Waals surface area contributed by atoms with Crippen molar-refractivity contribution in [3.05, 3.63) is 63.6 Å². The monoisotopic (exact) mass is 318 g/mol. The molecule has 98 valence electrons. The Morgan fingerprint density at radius 2 is 2.00 bits per heavy atom. The smallest absolute Gasteiger partial charge is 0.123 e. The van der Waals surface area contributed by atoms with E-state index >= 15 is 0 Å². The summed E-state index contributed by atoms with van der Waals surface area (Å²) in [4.78, 5) is 0. The molecule has 0 bridgehead atoms. The minimum absolute atomic E-state index is 0.230. The van der Waals surface area contributed by atoms with E-state index in [0.29, 0.717) is 0 Å². The summed E-state index contributed by atoms with van der Waals surface area (Å²) < 4.78 is 6.65. The maximum atomic E-state index is 10.5. The van der Waals surface area contributed by atoms with Crippen LogP contribution in [0.1, 0.15) is 29.7 Å². The van der Waals surface area contributed by atoms with Gasteiger partial charge in [0.2, 0.25) is 0 Å². The standard InChI is InChI=1S/C16H15BrO2/c1-10-7-13-8-12(5-6-15(13)19-10)16(18)11-3-2-4-14(17)9-11/h2-6,8-10,16,18H,7H2,1H3. The molecule has 2 atom stereocenters. The van der Waals surface area contributed by atoms with Crippen molar-refractivity contribution >= 4 is 15.9 Å². The molecule has 0 fully saturated rings. The van der Waals surface area contributed by atoms with Crippen molar-refractivity contribution in [2.75, 3.05) is 0 Å². The molecular weight excluding hydrogens is 304 g/mol. The third-order valence-electron chi connectivity index (χ3n) is 3.40. The van der Waals surface area contributed by atoms with Crippen molar-refractivity contribution in [1.29, 1.82) is 0 Å². The van der Waals surface area contributed by atoms with Gasteiger partial charge in [0, 0.05) is 10.9 Å². The van der Waals surface area contributed by atoms with Crippen LogP contribution in [0.5, 0.6) is 5.75 Å². The Balaban J connectivity index is 1.93. The molecule has 2 nitrogen and oxygen atoms in total. The van der Waals surface area contributed by atoms with Crippen molar-refractivity contribution in [2.45, 2.75) is 25.6 Å². The van der Waals surface area contributed by atoms with Gasteiger partial charge in [-0.2, -0.15) is 0 Å². The molecule has 1 aliphatic rings. The Morgan fingerprint density at radius 1 is 1.21 bits per heavy atom. The van der Waals surface area contributed by atoms with Gasteiger partial charge in [0.1, 0.15) is 18.0 Å². The first kappa shape index (κ1) is 12.7. The molecule has 0 aliphatic carbocycles. The predicted octanol–water partition coefficient (Wildman–Crippen LogP) is 3.85. The molecule has 0 saturated heterocycles. The van der Waals surface area contributed by atoms with Crippen LogP contribution in [-0.2, 0) is 6.42 Å². The second kappa shape index (κ2) is 4.99. The molecule has 2 aromatic carbocycles. The number of ether oxygens (including phenoxy) is 1. The molecule has 3 heteroatoms. The van der Waals surface area contributed by atoms with E-state index in [2.05, 4.69) is 22.9 Å². The zero-order chi connectivity index (χ0) is 13.4. The third kappa shape index (κ3) is 2.53. The molecule has 0 amide bonds. The minimum Gasteiger partial charge on any atom is -0.490 e. The zero-order valence-electron chi connectivity index (χ0n) is 10.6. The lowest BCUT2D eigenvalue weighted by Gasteiger charge is -2.13. The lowest BCUT2D eigenvalue weighted by atomic mass is 9.98. The summed E-state index contributed by atoms with van der Waals surface area (Å²) in [6, 6.07) is 13.7. The normalized spacial score (nSPS) is 18.8. The fraction of sp³-hybridized carbons (Fsp3) is 0.250. The van der Waals surface area contributed by atoms with Gasteiger partial charge >= 0.3 is 0 Å². The highest BCUT2D eigenvalue weighted by Crippen LogP contribution is 2.33. The third-order valence-corrected chi connectivity index (χ3v) is 3.89. The van der Waals surface area contributed by atoms with Crippen molar-refractivity contribution < 1.29 is 9.84 Å². The second-order valence-corrected chi connectivity index (χ2v) is 5.87. The van der Waals surface area contributed by atoms with Gasteiger partial charge in [-0.05, 0) is 47.9 Å². The van der Waals surface area contributed by atoms with Gasteiger partial charge in [-0.1, -0.05) is 34.1 Å². The van der Waals surface area contributed by atoms with Gasteiger partial charge in [0.15, 0.2) is 0 Å². The van der Waals surface area contributed by atoms with Gasteiger partial charge in [0.25, 0.3) is 0 Å². The van der Waals surface area contributed by atoms with Gasteiger partial charge in [0.05, 0.1) is 0 Å². The number of hydrogen-bond acceptors (Lipinski definition) is 2. The van der Waals surface area contributed by atoms with Crippen LogP contribution in [0.2, 0.25) is 0 Å². The quantitative estimate of drug-likeness (QED) is 0.911. The highest BCUT2D eigenvalue weighted by Gasteiger charge is 2.21. The summed E-state index contributed by atoms with van der Waals surface area (Å²) in [6.07, 6.45) is 0.543. The fourth-order valence-corrected chi connectivity index (χ4v) is 2.90. The Morgan fingerprint density at radius 3 is 2.79 bits per heavy atom. The number of fused-ring (bicyclic) bond motifs is 1. The molecule has 0 spiro atoms. The molecule has 3 rings (SSSR count). The van der Waals surface area contributed by atoms with E-state index < -0.39 is 6.10 Å². The maximum Gasteiger partial charge on any atom is 0.123 e. The van der Waals surface area contributed by atoms with Crippen LogP contribution < -0.4 is 4.74 Å². The SMILES string of the molecule is CC1Cc2cc(C(O)c3cccc(Br)c3)ccc2O1. The van der Waals surface area contributed by atoms with Crippen molar-refractivity contribution in [1.82, 2.24) is 0 Å². The molecule has 0 aromatic heterocycles. The Kier molecular flexibility index (Phi) is 3.33. The van der Waals surface area contributed by atoms with E-state index in [1.807, 2.05) is 42.5 Å². The number of aliphatic hydroxyl groups is 1. The summed E-state index contributed by atoms with van der Waals surface area (Å²) >= 11 is 3.43. The lowest BCUT2D eigenvalue weighted by molar-refractivity contribution is 0.220. The Bertz CT molecular complexity index is 609. The van der Waals surface area contributed by atoms with E-state index in [1.54, 1.807) is 0 Å². The van der Waals surface area contributed by atoms with E-state index in [1.165, 1.54) is 5.56 Å². The molecule has 19 heavy (non-hydrogen) atoms. The van der Waals surface area contributed by atoms with Crippen LogP contribution in [0.25, 0.3) is 0 Å². The van der Waals surface area contributed by atoms with Crippen LogP contribution in [0.15, 0.2) is 46.9 Å². The van der Waals surface area contributed by atoms with Gasteiger partial charge in [-0.15, -0.1) is 0 Å². The van der Waals surface area contributed by atoms with Crippen LogP contribution in [0.4, 0.5) is 0 Å². The number of benzene rings is 2. The Labute approximate surface area is 121 Å². The lowest BCUT2D eigenvalue weighted by Crippen LogP contribution is -2.05. The summed E-state index contributed by atoms with van der Waals surface area (Å²) in [5, 5.41) is 10.5. The van der Waals surface area contributed by atoms with Gasteiger partial charge in [-0.25, -0.2) is 0 Å². The number of aliphatic hydroxyl groups excluding tert-OH is 1. The molecule has 2 unspecified atom stereocenters. The summed E-state index contributed by atoms with van der Waals surface area (Å²) in [6.45, 7) is 2.06. The average molecular weight is 319 g/mol. The largest absolute Gasteiger partial charge is 0.490 e. The van der Waals surface area contributed by atoms with E-state index in [-0.39, 0.29) is 6.10 Å². The summed E-state index contributed by atoms with van der Waals surface area (Å²) in [5.74, 6) is 0.942. The molecule has 1 N–H and O–H groups in total. The van der Waals surface area contributed by atoms with Gasteiger partial charge < -0.3 is 9.84 Å². The zero-order valence-corrected chi connectivity index (χ0v) is 12.2. The number of hydrogen-bond donors (Lipinski definition) is 1. The summed E-state index contributed by atoms with van der Waals surface area (Å²) in [5.41, 5.74) is 2.98. The number of rotatable bonds is 2. The summed E-state index contributed by atoms with van der Waals surface area (Å²) in [7, 11) is 0. The predicted molar refractivity (Wildman–Crippen MR) is 78.4 cm³/mol. The topological polar surface area (TPSA) is 29.5 Å². The second-order valence-electron chi connectivity index (χ2n) is 4.96. The first-order valence-electron chi connectivity index (χ1n) is 6.36.